The number of benzene rings is 2. The van der Waals surface area contributed by atoms with Crippen molar-refractivity contribution in [1.82, 2.24) is 34.3 Å². The molecule has 0 radical (unpaired) electrons. The number of hydrogen-bond acceptors (Lipinski definition) is 7. The monoisotopic (exact) mass is 563 g/mol. The summed E-state index contributed by atoms with van der Waals surface area (Å²) in [7, 11) is 3.65. The summed E-state index contributed by atoms with van der Waals surface area (Å²) in [6.45, 7) is 2.19. The largest absolute Gasteiger partial charge is 0.416 e. The summed E-state index contributed by atoms with van der Waals surface area (Å²) in [6.07, 6.45) is -0.299. The number of primary amides is 1. The average molecular weight is 564 g/mol. The zero-order valence-electron chi connectivity index (χ0n) is 22.1. The third-order valence-electron chi connectivity index (χ3n) is 6.24. The fourth-order valence-corrected chi connectivity index (χ4v) is 4.26. The average Bonchev–Trinajstić information content (AvgIpc) is 3.54. The summed E-state index contributed by atoms with van der Waals surface area (Å²) in [5.74, 6) is -0.461. The molecule has 0 spiro atoms. The molecular formula is C27H24F3N9O2. The molecule has 11 nitrogen and oxygen atoms in total. The van der Waals surface area contributed by atoms with Crippen LogP contribution in [0.2, 0.25) is 0 Å². The van der Waals surface area contributed by atoms with E-state index >= 15 is 0 Å². The Morgan fingerprint density at radius 3 is 2.54 bits per heavy atom. The summed E-state index contributed by atoms with van der Waals surface area (Å²) in [4.78, 5) is 30.8. The predicted octanol–water partition coefficient (Wildman–Crippen LogP) is 3.72. The van der Waals surface area contributed by atoms with Crippen molar-refractivity contribution in [3.63, 3.8) is 0 Å². The van der Waals surface area contributed by atoms with Crippen molar-refractivity contribution in [2.45, 2.75) is 19.6 Å². The second kappa shape index (κ2) is 10.5. The molecule has 0 bridgehead atoms. The van der Waals surface area contributed by atoms with Crippen molar-refractivity contribution in [3.8, 4) is 17.1 Å². The molecule has 0 saturated heterocycles. The maximum Gasteiger partial charge on any atom is 0.416 e. The van der Waals surface area contributed by atoms with E-state index in [2.05, 4.69) is 25.6 Å². The molecule has 41 heavy (non-hydrogen) atoms. The molecule has 0 unspecified atom stereocenters. The van der Waals surface area contributed by atoms with E-state index in [1.54, 1.807) is 35.9 Å². The van der Waals surface area contributed by atoms with Crippen molar-refractivity contribution in [2.24, 2.45) is 5.73 Å². The van der Waals surface area contributed by atoms with Gasteiger partial charge in [0.15, 0.2) is 11.5 Å². The van der Waals surface area contributed by atoms with Crippen molar-refractivity contribution in [2.75, 3.05) is 19.4 Å². The Hall–Kier alpha value is -5.11. The highest BCUT2D eigenvalue weighted by Crippen LogP contribution is 2.33. The number of nitrogens with zero attached hydrogens (tertiary/aromatic N) is 7. The molecule has 3 aromatic heterocycles. The second-order valence-corrected chi connectivity index (χ2v) is 9.60. The van der Waals surface area contributed by atoms with Gasteiger partial charge >= 0.3 is 6.18 Å². The number of imidazole rings is 1. The molecule has 0 fully saturated rings. The molecule has 0 atom stereocenters. The van der Waals surface area contributed by atoms with Gasteiger partial charge in [0, 0.05) is 34.9 Å². The lowest BCUT2D eigenvalue weighted by atomic mass is 10.0. The van der Waals surface area contributed by atoms with E-state index in [0.29, 0.717) is 23.8 Å². The number of hydrogen-bond donors (Lipinski definition) is 2. The van der Waals surface area contributed by atoms with Crippen LogP contribution in [0.1, 0.15) is 37.7 Å². The summed E-state index contributed by atoms with van der Waals surface area (Å²) >= 11 is 0. The highest BCUT2D eigenvalue weighted by molar-refractivity contribution is 6.05. The lowest BCUT2D eigenvalue weighted by molar-refractivity contribution is -0.137. The molecule has 5 aromatic rings. The molecule has 0 aliphatic carbocycles. The minimum atomic E-state index is -4.65. The van der Waals surface area contributed by atoms with Crippen LogP contribution in [0.15, 0.2) is 61.1 Å². The van der Waals surface area contributed by atoms with E-state index in [4.69, 9.17) is 5.73 Å². The highest BCUT2D eigenvalue weighted by Gasteiger charge is 2.32. The van der Waals surface area contributed by atoms with E-state index in [9.17, 15) is 22.8 Å². The Kier molecular flexibility index (Phi) is 7.01. The number of fused-ring (bicyclic) bond motifs is 1. The van der Waals surface area contributed by atoms with Gasteiger partial charge in [-0.2, -0.15) is 22.8 Å². The first-order chi connectivity index (χ1) is 19.4. The maximum absolute atomic E-state index is 13.8. The summed E-state index contributed by atoms with van der Waals surface area (Å²) in [6, 6.07) is 9.56. The minimum Gasteiger partial charge on any atom is -0.366 e. The highest BCUT2D eigenvalue weighted by atomic mass is 19.4. The quantitative estimate of drug-likeness (QED) is 0.308. The van der Waals surface area contributed by atoms with E-state index in [-0.39, 0.29) is 28.1 Å². The lowest BCUT2D eigenvalue weighted by Crippen LogP contribution is -2.16. The number of aryl methyl sites for hydroxylation is 1. The molecule has 3 heterocycles. The Morgan fingerprint density at radius 2 is 1.83 bits per heavy atom. The van der Waals surface area contributed by atoms with Crippen LogP contribution in [0, 0.1) is 6.92 Å². The molecule has 0 aliphatic rings. The number of halogens is 3. The molecule has 2 amide bonds. The van der Waals surface area contributed by atoms with Crippen LogP contribution in [-0.2, 0) is 12.7 Å². The normalized spacial score (nSPS) is 11.8. The molecule has 210 valence electrons. The Labute approximate surface area is 231 Å². The van der Waals surface area contributed by atoms with Crippen molar-refractivity contribution >= 4 is 23.1 Å². The number of aromatic nitrogens is 6. The van der Waals surface area contributed by atoms with Gasteiger partial charge in [0.05, 0.1) is 23.9 Å². The Morgan fingerprint density at radius 1 is 1.05 bits per heavy atom. The first-order valence-corrected chi connectivity index (χ1v) is 12.2. The number of alkyl halides is 3. The fraction of sp³-hybridized carbons (Fsp3) is 0.185. The molecule has 2 aromatic carbocycles. The van der Waals surface area contributed by atoms with Crippen LogP contribution in [0.5, 0.6) is 0 Å². The third-order valence-corrected chi connectivity index (χ3v) is 6.24. The van der Waals surface area contributed by atoms with E-state index in [1.165, 1.54) is 29.0 Å². The number of nitrogens with two attached hydrogens (primary N) is 1. The predicted molar refractivity (Wildman–Crippen MR) is 143 cm³/mol. The molecular weight excluding hydrogens is 539 g/mol. The Bertz CT molecular complexity index is 1790. The number of anilines is 1. The first-order valence-electron chi connectivity index (χ1n) is 12.2. The Balaban J connectivity index is 1.50. The number of nitrogens with one attached hydrogen (secondary N) is 1. The molecule has 3 N–H and O–H groups in total. The van der Waals surface area contributed by atoms with Gasteiger partial charge in [-0.1, -0.05) is 6.07 Å². The van der Waals surface area contributed by atoms with Crippen LogP contribution in [0.25, 0.3) is 22.7 Å². The number of amides is 2. The van der Waals surface area contributed by atoms with Gasteiger partial charge < -0.3 is 20.5 Å². The van der Waals surface area contributed by atoms with E-state index < -0.39 is 23.6 Å². The zero-order valence-corrected chi connectivity index (χ0v) is 22.1. The van der Waals surface area contributed by atoms with Gasteiger partial charge in [0.2, 0.25) is 5.91 Å². The molecule has 0 saturated carbocycles. The van der Waals surface area contributed by atoms with Crippen molar-refractivity contribution in [1.29, 1.82) is 0 Å². The second-order valence-electron chi connectivity index (χ2n) is 9.60. The van der Waals surface area contributed by atoms with Gasteiger partial charge in [0.25, 0.3) is 5.91 Å². The van der Waals surface area contributed by atoms with E-state index in [1.807, 2.05) is 19.0 Å². The van der Waals surface area contributed by atoms with Gasteiger partial charge in [-0.05, 0) is 63.0 Å². The van der Waals surface area contributed by atoms with Crippen LogP contribution in [0.4, 0.5) is 18.9 Å². The van der Waals surface area contributed by atoms with Crippen LogP contribution >= 0.6 is 0 Å². The smallest absolute Gasteiger partial charge is 0.366 e. The molecule has 5 rings (SSSR count). The zero-order chi connectivity index (χ0) is 29.5. The fourth-order valence-electron chi connectivity index (χ4n) is 4.26. The number of rotatable bonds is 7. The third kappa shape index (κ3) is 5.63. The maximum atomic E-state index is 13.8. The molecule has 14 heteroatoms. The van der Waals surface area contributed by atoms with Crippen molar-refractivity contribution in [3.05, 3.63) is 89.1 Å². The van der Waals surface area contributed by atoms with Gasteiger partial charge in [0.1, 0.15) is 5.82 Å². The van der Waals surface area contributed by atoms with Gasteiger partial charge in [-0.25, -0.2) is 4.98 Å². The topological polar surface area (TPSA) is 136 Å². The molecule has 0 aliphatic heterocycles. The summed E-state index contributed by atoms with van der Waals surface area (Å²) in [5.41, 5.74) is 6.41. The lowest BCUT2D eigenvalue weighted by Gasteiger charge is -2.16. The van der Waals surface area contributed by atoms with E-state index in [0.717, 1.165) is 17.7 Å². The first kappa shape index (κ1) is 27.5. The number of carbonyl (C=O) groups is 2. The van der Waals surface area contributed by atoms with Crippen molar-refractivity contribution < 1.29 is 22.8 Å². The van der Waals surface area contributed by atoms with Gasteiger partial charge in [-0.3, -0.25) is 9.59 Å². The van der Waals surface area contributed by atoms with Crippen LogP contribution in [-0.4, -0.2) is 60.2 Å². The summed E-state index contributed by atoms with van der Waals surface area (Å²) < 4.78 is 44.4. The SMILES string of the molecule is Cc1ccc(C(=O)Nc2cc(-n3ccnc3CN(C)C)cc(C(F)(F)F)c2)cc1-c1nnc2cc(C(N)=O)cnn12. The summed E-state index contributed by atoms with van der Waals surface area (Å²) in [5, 5.41) is 15.0. The van der Waals surface area contributed by atoms with Gasteiger partial charge in [-0.15, -0.1) is 10.2 Å². The van der Waals surface area contributed by atoms with Crippen LogP contribution in [0.3, 0.4) is 0 Å². The number of carbonyl (C=O) groups excluding carboxylic acids is 2. The standard InChI is InChI=1S/C27H24F3N9O2/c1-15-4-5-16(8-21(15)25-36-35-22-9-17(24(31)40)13-33-39(22)25)26(41)34-19-10-18(27(28,29)30)11-20(12-19)38-7-6-32-23(38)14-37(2)3/h4-13H,14H2,1-3H3,(H2,31,40)(H,34,41). The van der Waals surface area contributed by atoms with Crippen LogP contribution < -0.4 is 11.1 Å². The minimum absolute atomic E-state index is 0.0416.